The summed E-state index contributed by atoms with van der Waals surface area (Å²) in [6, 6.07) is 4.65. The Hall–Kier alpha value is -1.95. The molecule has 0 aliphatic rings. The van der Waals surface area contributed by atoms with Gasteiger partial charge in [0.2, 0.25) is 0 Å². The molecule has 0 amide bonds. The Balaban J connectivity index is 2.35. The van der Waals surface area contributed by atoms with Crippen molar-refractivity contribution in [3.8, 4) is 11.4 Å². The molecule has 100 valence electrons. The Labute approximate surface area is 107 Å². The number of halogens is 3. The number of benzene rings is 1. The van der Waals surface area contributed by atoms with Crippen molar-refractivity contribution in [2.45, 2.75) is 19.7 Å². The van der Waals surface area contributed by atoms with Gasteiger partial charge in [0.1, 0.15) is 0 Å². The molecule has 1 aromatic heterocycles. The molecule has 3 nitrogen and oxygen atoms in total. The maximum Gasteiger partial charge on any atom is 0.416 e. The van der Waals surface area contributed by atoms with E-state index in [9.17, 15) is 13.2 Å². The molecule has 0 aliphatic carbocycles. The first-order valence-electron chi connectivity index (χ1n) is 5.53. The van der Waals surface area contributed by atoms with Crippen molar-refractivity contribution in [3.63, 3.8) is 0 Å². The third-order valence-electron chi connectivity index (χ3n) is 2.72. The summed E-state index contributed by atoms with van der Waals surface area (Å²) >= 11 is 0. The van der Waals surface area contributed by atoms with Gasteiger partial charge < -0.3 is 5.11 Å². The van der Waals surface area contributed by atoms with Gasteiger partial charge in [-0.05, 0) is 19.1 Å². The second-order valence-electron chi connectivity index (χ2n) is 4.04. The molecule has 0 bridgehead atoms. The van der Waals surface area contributed by atoms with E-state index in [4.69, 9.17) is 5.11 Å². The van der Waals surface area contributed by atoms with Crippen LogP contribution < -0.4 is 0 Å². The maximum absolute atomic E-state index is 12.4. The Morgan fingerprint density at radius 2 is 1.79 bits per heavy atom. The SMILES string of the molecule is Cc1nc(-c2ccc(C(F)(F)F)cc2)ncc1CO. The fraction of sp³-hybridized carbons (Fsp3) is 0.231. The standard InChI is InChI=1S/C13H11F3N2O/c1-8-10(7-19)6-17-12(18-8)9-2-4-11(5-3-9)13(14,15)16/h2-6,19H,7H2,1H3. The average molecular weight is 268 g/mol. The zero-order valence-electron chi connectivity index (χ0n) is 10.1. The van der Waals surface area contributed by atoms with Crippen LogP contribution in [0.25, 0.3) is 11.4 Å². The minimum Gasteiger partial charge on any atom is -0.392 e. The number of aryl methyl sites for hydroxylation is 1. The van der Waals surface area contributed by atoms with E-state index in [0.29, 0.717) is 22.6 Å². The van der Waals surface area contributed by atoms with Crippen LogP contribution >= 0.6 is 0 Å². The molecule has 0 radical (unpaired) electrons. The van der Waals surface area contributed by atoms with Crippen LogP contribution in [0.5, 0.6) is 0 Å². The number of alkyl halides is 3. The third-order valence-corrected chi connectivity index (χ3v) is 2.72. The predicted octanol–water partition coefficient (Wildman–Crippen LogP) is 2.96. The van der Waals surface area contributed by atoms with Crippen molar-refractivity contribution in [1.29, 1.82) is 0 Å². The minimum atomic E-state index is -4.35. The molecule has 19 heavy (non-hydrogen) atoms. The molecule has 0 saturated carbocycles. The fourth-order valence-electron chi connectivity index (χ4n) is 1.59. The summed E-state index contributed by atoms with van der Waals surface area (Å²) in [7, 11) is 0. The van der Waals surface area contributed by atoms with Crippen LogP contribution in [0.3, 0.4) is 0 Å². The highest BCUT2D eigenvalue weighted by atomic mass is 19.4. The summed E-state index contributed by atoms with van der Waals surface area (Å²) in [6.45, 7) is 1.54. The Kier molecular flexibility index (Phi) is 3.53. The van der Waals surface area contributed by atoms with E-state index in [0.717, 1.165) is 12.1 Å². The summed E-state index contributed by atoms with van der Waals surface area (Å²) < 4.78 is 37.3. The Bertz CT molecular complexity index is 579. The normalized spacial score (nSPS) is 11.6. The minimum absolute atomic E-state index is 0.168. The zero-order chi connectivity index (χ0) is 14.0. The van der Waals surface area contributed by atoms with E-state index < -0.39 is 11.7 Å². The van der Waals surface area contributed by atoms with E-state index in [1.165, 1.54) is 18.3 Å². The van der Waals surface area contributed by atoms with Crippen molar-refractivity contribution in [2.75, 3.05) is 0 Å². The van der Waals surface area contributed by atoms with Gasteiger partial charge >= 0.3 is 6.18 Å². The van der Waals surface area contributed by atoms with Crippen LogP contribution in [0.15, 0.2) is 30.5 Å². The highest BCUT2D eigenvalue weighted by molar-refractivity contribution is 5.55. The lowest BCUT2D eigenvalue weighted by Crippen LogP contribution is -2.04. The van der Waals surface area contributed by atoms with E-state index in [1.54, 1.807) is 6.92 Å². The van der Waals surface area contributed by atoms with Crippen LogP contribution in [0.2, 0.25) is 0 Å². The molecule has 0 saturated heterocycles. The number of aliphatic hydroxyl groups is 1. The van der Waals surface area contributed by atoms with Gasteiger partial charge in [0, 0.05) is 23.0 Å². The number of rotatable bonds is 2. The van der Waals surface area contributed by atoms with Gasteiger partial charge in [0.25, 0.3) is 0 Å². The van der Waals surface area contributed by atoms with E-state index in [-0.39, 0.29) is 6.61 Å². The van der Waals surface area contributed by atoms with Gasteiger partial charge in [-0.15, -0.1) is 0 Å². The molecule has 1 heterocycles. The van der Waals surface area contributed by atoms with Crippen molar-refractivity contribution < 1.29 is 18.3 Å². The molecule has 0 spiro atoms. The molecule has 0 atom stereocenters. The summed E-state index contributed by atoms with van der Waals surface area (Å²) in [6.07, 6.45) is -2.88. The predicted molar refractivity (Wildman–Crippen MR) is 63.1 cm³/mol. The topological polar surface area (TPSA) is 46.0 Å². The Morgan fingerprint density at radius 3 is 2.26 bits per heavy atom. The van der Waals surface area contributed by atoms with Gasteiger partial charge in [-0.1, -0.05) is 12.1 Å². The monoisotopic (exact) mass is 268 g/mol. The lowest BCUT2D eigenvalue weighted by molar-refractivity contribution is -0.137. The fourth-order valence-corrected chi connectivity index (χ4v) is 1.59. The highest BCUT2D eigenvalue weighted by Crippen LogP contribution is 2.30. The second-order valence-corrected chi connectivity index (χ2v) is 4.04. The van der Waals surface area contributed by atoms with Gasteiger partial charge in [-0.25, -0.2) is 9.97 Å². The van der Waals surface area contributed by atoms with Crippen LogP contribution in [0, 0.1) is 6.92 Å². The maximum atomic E-state index is 12.4. The molecule has 2 aromatic rings. The summed E-state index contributed by atoms with van der Waals surface area (Å²) in [4.78, 5) is 8.17. The lowest BCUT2D eigenvalue weighted by Gasteiger charge is -2.08. The van der Waals surface area contributed by atoms with Crippen molar-refractivity contribution in [3.05, 3.63) is 47.3 Å². The van der Waals surface area contributed by atoms with Gasteiger partial charge in [0.05, 0.1) is 12.2 Å². The highest BCUT2D eigenvalue weighted by Gasteiger charge is 2.30. The Morgan fingerprint density at radius 1 is 1.16 bits per heavy atom. The first-order valence-corrected chi connectivity index (χ1v) is 5.53. The summed E-state index contributed by atoms with van der Waals surface area (Å²) in [5.74, 6) is 0.337. The average Bonchev–Trinajstić information content (AvgIpc) is 2.38. The van der Waals surface area contributed by atoms with Gasteiger partial charge in [-0.2, -0.15) is 13.2 Å². The van der Waals surface area contributed by atoms with Crippen molar-refractivity contribution >= 4 is 0 Å². The van der Waals surface area contributed by atoms with Crippen LogP contribution in [-0.4, -0.2) is 15.1 Å². The number of hydrogen-bond donors (Lipinski definition) is 1. The third kappa shape index (κ3) is 2.90. The van der Waals surface area contributed by atoms with Crippen molar-refractivity contribution in [1.82, 2.24) is 9.97 Å². The number of aliphatic hydroxyl groups excluding tert-OH is 1. The van der Waals surface area contributed by atoms with Crippen LogP contribution in [0.4, 0.5) is 13.2 Å². The molecule has 2 rings (SSSR count). The van der Waals surface area contributed by atoms with E-state index >= 15 is 0 Å². The van der Waals surface area contributed by atoms with Crippen LogP contribution in [0.1, 0.15) is 16.8 Å². The first kappa shape index (κ1) is 13.5. The number of hydrogen-bond acceptors (Lipinski definition) is 3. The smallest absolute Gasteiger partial charge is 0.392 e. The number of aromatic nitrogens is 2. The molecular weight excluding hydrogens is 257 g/mol. The van der Waals surface area contributed by atoms with Gasteiger partial charge in [0.15, 0.2) is 5.82 Å². The zero-order valence-corrected chi connectivity index (χ0v) is 10.1. The second kappa shape index (κ2) is 4.97. The van der Waals surface area contributed by atoms with E-state index in [1.807, 2.05) is 0 Å². The molecule has 1 N–H and O–H groups in total. The van der Waals surface area contributed by atoms with E-state index in [2.05, 4.69) is 9.97 Å². The van der Waals surface area contributed by atoms with Crippen LogP contribution in [-0.2, 0) is 12.8 Å². The first-order chi connectivity index (χ1) is 8.91. The molecule has 6 heteroatoms. The lowest BCUT2D eigenvalue weighted by atomic mass is 10.1. The number of nitrogens with zero attached hydrogens (tertiary/aromatic N) is 2. The van der Waals surface area contributed by atoms with Crippen molar-refractivity contribution in [2.24, 2.45) is 0 Å². The quantitative estimate of drug-likeness (QED) is 0.910. The molecule has 0 aliphatic heterocycles. The summed E-state index contributed by atoms with van der Waals surface area (Å²) in [5, 5.41) is 9.00. The van der Waals surface area contributed by atoms with Gasteiger partial charge in [-0.3, -0.25) is 0 Å². The largest absolute Gasteiger partial charge is 0.416 e. The molecular formula is C13H11F3N2O. The molecule has 0 unspecified atom stereocenters. The summed E-state index contributed by atoms with van der Waals surface area (Å²) in [5.41, 5.74) is 0.989. The molecule has 0 fully saturated rings. The molecule has 1 aromatic carbocycles.